The molecule has 2 aromatic carbocycles. The van der Waals surface area contributed by atoms with E-state index in [1.165, 1.54) is 6.07 Å². The van der Waals surface area contributed by atoms with Gasteiger partial charge in [-0.3, -0.25) is 9.78 Å². The van der Waals surface area contributed by atoms with Gasteiger partial charge in [-0.25, -0.2) is 8.42 Å². The maximum absolute atomic E-state index is 13.6. The number of pyridine rings is 1. The first-order chi connectivity index (χ1) is 14.6. The lowest BCUT2D eigenvalue weighted by molar-refractivity contribution is -0.137. The van der Waals surface area contributed by atoms with Crippen LogP contribution in [-0.4, -0.2) is 36.7 Å². The zero-order valence-corrected chi connectivity index (χ0v) is 17.2. The summed E-state index contributed by atoms with van der Waals surface area (Å²) < 4.78 is 67.0. The number of nitrogens with one attached hydrogen (secondary N) is 1. The fourth-order valence-electron chi connectivity index (χ4n) is 3.72. The minimum atomic E-state index is -4.53. The van der Waals surface area contributed by atoms with Crippen molar-refractivity contribution in [2.24, 2.45) is 0 Å². The molecule has 0 radical (unpaired) electrons. The predicted octanol–water partition coefficient (Wildman–Crippen LogP) is 3.42. The number of alkyl halides is 3. The number of fused-ring (bicyclic) bond motifs is 1. The molecule has 2 heterocycles. The second-order valence-corrected chi connectivity index (χ2v) is 9.07. The summed E-state index contributed by atoms with van der Waals surface area (Å²) in [6.45, 7) is 1.89. The van der Waals surface area contributed by atoms with Crippen molar-refractivity contribution in [1.29, 1.82) is 0 Å². The van der Waals surface area contributed by atoms with Gasteiger partial charge in [0.05, 0.1) is 16.0 Å². The smallest absolute Gasteiger partial charge is 0.353 e. The highest BCUT2D eigenvalue weighted by molar-refractivity contribution is 7.89. The molecule has 31 heavy (non-hydrogen) atoms. The second kappa shape index (κ2) is 7.61. The van der Waals surface area contributed by atoms with E-state index in [2.05, 4.69) is 10.3 Å². The molecule has 3 aromatic rings. The molecule has 1 saturated heterocycles. The van der Waals surface area contributed by atoms with Crippen molar-refractivity contribution < 1.29 is 26.4 Å². The Morgan fingerprint density at radius 1 is 1.10 bits per heavy atom. The van der Waals surface area contributed by atoms with E-state index >= 15 is 0 Å². The lowest BCUT2D eigenvalue weighted by Gasteiger charge is -2.34. The molecule has 1 unspecified atom stereocenters. The number of piperazine rings is 1. The van der Waals surface area contributed by atoms with Gasteiger partial charge in [0.1, 0.15) is 6.04 Å². The lowest BCUT2D eigenvalue weighted by Crippen LogP contribution is -2.52. The number of hydrogen-bond donors (Lipinski definition) is 1. The van der Waals surface area contributed by atoms with Crippen LogP contribution in [0.4, 0.5) is 13.2 Å². The van der Waals surface area contributed by atoms with Crippen LogP contribution >= 0.6 is 0 Å². The van der Waals surface area contributed by atoms with Crippen LogP contribution in [0.1, 0.15) is 22.7 Å². The van der Waals surface area contributed by atoms with Crippen molar-refractivity contribution in [3.8, 4) is 0 Å². The van der Waals surface area contributed by atoms with Crippen LogP contribution in [0, 0.1) is 6.92 Å². The summed E-state index contributed by atoms with van der Waals surface area (Å²) in [6.07, 6.45) is -2.97. The number of carbonyl (C=O) groups is 1. The number of sulfonamides is 1. The molecule has 0 spiro atoms. The molecule has 0 saturated carbocycles. The summed E-state index contributed by atoms with van der Waals surface area (Å²) >= 11 is 0. The number of hydrogen-bond acceptors (Lipinski definition) is 4. The number of carbonyl (C=O) groups excluding carboxylic acids is 1. The van der Waals surface area contributed by atoms with E-state index in [0.29, 0.717) is 10.9 Å². The summed E-state index contributed by atoms with van der Waals surface area (Å²) in [5.41, 5.74) is 0.599. The number of amides is 1. The van der Waals surface area contributed by atoms with Gasteiger partial charge in [0.15, 0.2) is 0 Å². The van der Waals surface area contributed by atoms with Crippen LogP contribution in [0.15, 0.2) is 59.6 Å². The van der Waals surface area contributed by atoms with Gasteiger partial charge in [-0.1, -0.05) is 18.2 Å². The van der Waals surface area contributed by atoms with Crippen LogP contribution in [0.3, 0.4) is 0 Å². The van der Waals surface area contributed by atoms with Gasteiger partial charge in [-0.2, -0.15) is 17.5 Å². The molecule has 4 rings (SSSR count). The number of halogens is 3. The van der Waals surface area contributed by atoms with E-state index < -0.39 is 33.7 Å². The SMILES string of the molecule is Cc1ccc(S(=O)(=O)N2CCNC(=O)C2c2ccc(C(F)(F)F)cc2)c2cccnc12. The first-order valence-corrected chi connectivity index (χ1v) is 10.9. The molecule has 1 aliphatic heterocycles. The standard InChI is InChI=1S/C21H18F3N3O3S/c1-13-4-9-17(16-3-2-10-25-18(13)16)31(29,30)27-12-11-26-20(28)19(27)14-5-7-15(8-6-14)21(22,23)24/h2-10,19H,11-12H2,1H3,(H,26,28). The van der Waals surface area contributed by atoms with Crippen LogP contribution < -0.4 is 5.32 Å². The van der Waals surface area contributed by atoms with E-state index in [1.54, 1.807) is 24.4 Å². The quantitative estimate of drug-likeness (QED) is 0.665. The Kier molecular flexibility index (Phi) is 5.22. The molecule has 162 valence electrons. The van der Waals surface area contributed by atoms with Crippen LogP contribution in [0.5, 0.6) is 0 Å². The van der Waals surface area contributed by atoms with Gasteiger partial charge >= 0.3 is 6.18 Å². The maximum atomic E-state index is 13.6. The molecular formula is C21H18F3N3O3S. The average molecular weight is 449 g/mol. The summed E-state index contributed by atoms with van der Waals surface area (Å²) in [6, 6.07) is 9.03. The van der Waals surface area contributed by atoms with Gasteiger partial charge < -0.3 is 5.32 Å². The van der Waals surface area contributed by atoms with Crippen molar-refractivity contribution in [2.45, 2.75) is 24.0 Å². The highest BCUT2D eigenvalue weighted by Crippen LogP contribution is 2.35. The minimum absolute atomic E-state index is 0.00666. The van der Waals surface area contributed by atoms with E-state index in [1.807, 2.05) is 6.92 Å². The monoisotopic (exact) mass is 449 g/mol. The second-order valence-electron chi connectivity index (χ2n) is 7.21. The molecule has 1 aliphatic rings. The zero-order valence-electron chi connectivity index (χ0n) is 16.3. The molecule has 1 fully saturated rings. The fourth-order valence-corrected chi connectivity index (χ4v) is 5.48. The first-order valence-electron chi connectivity index (χ1n) is 9.42. The van der Waals surface area contributed by atoms with Gasteiger partial charge in [0.25, 0.3) is 0 Å². The molecule has 1 aromatic heterocycles. The Morgan fingerprint density at radius 2 is 1.81 bits per heavy atom. The average Bonchev–Trinajstić information content (AvgIpc) is 2.73. The van der Waals surface area contributed by atoms with E-state index in [-0.39, 0.29) is 23.5 Å². The first kappa shape index (κ1) is 21.3. The van der Waals surface area contributed by atoms with Crippen molar-refractivity contribution in [1.82, 2.24) is 14.6 Å². The maximum Gasteiger partial charge on any atom is 0.416 e. The summed E-state index contributed by atoms with van der Waals surface area (Å²) in [7, 11) is -4.16. The molecule has 10 heteroatoms. The predicted molar refractivity (Wildman–Crippen MR) is 108 cm³/mol. The Balaban J connectivity index is 1.82. The number of aryl methyl sites for hydroxylation is 1. The molecule has 1 N–H and O–H groups in total. The molecular weight excluding hydrogens is 431 g/mol. The number of nitrogens with zero attached hydrogens (tertiary/aromatic N) is 2. The van der Waals surface area contributed by atoms with Gasteiger partial charge in [0, 0.05) is 24.7 Å². The minimum Gasteiger partial charge on any atom is -0.353 e. The third-order valence-corrected chi connectivity index (χ3v) is 7.16. The Morgan fingerprint density at radius 3 is 2.48 bits per heavy atom. The number of aromatic nitrogens is 1. The Hall–Kier alpha value is -2.98. The van der Waals surface area contributed by atoms with Crippen LogP contribution in [0.2, 0.25) is 0 Å². The molecule has 6 nitrogen and oxygen atoms in total. The van der Waals surface area contributed by atoms with Crippen molar-refractivity contribution >= 4 is 26.8 Å². The summed E-state index contributed by atoms with van der Waals surface area (Å²) in [5, 5.41) is 3.01. The molecule has 0 bridgehead atoms. The van der Waals surface area contributed by atoms with Gasteiger partial charge in [-0.15, -0.1) is 0 Å². The molecule has 1 amide bonds. The third-order valence-electron chi connectivity index (χ3n) is 5.24. The normalized spacial score (nSPS) is 18.2. The molecule has 1 atom stereocenters. The van der Waals surface area contributed by atoms with Gasteiger partial charge in [0.2, 0.25) is 15.9 Å². The zero-order chi connectivity index (χ0) is 22.4. The van der Waals surface area contributed by atoms with Crippen molar-refractivity contribution in [2.75, 3.05) is 13.1 Å². The van der Waals surface area contributed by atoms with Gasteiger partial charge in [-0.05, 0) is 48.4 Å². The highest BCUT2D eigenvalue weighted by atomic mass is 32.2. The largest absolute Gasteiger partial charge is 0.416 e. The molecule has 0 aliphatic carbocycles. The van der Waals surface area contributed by atoms with E-state index in [0.717, 1.165) is 34.1 Å². The number of benzene rings is 2. The summed E-state index contributed by atoms with van der Waals surface area (Å²) in [5.74, 6) is -0.593. The summed E-state index contributed by atoms with van der Waals surface area (Å²) in [4.78, 5) is 16.9. The van der Waals surface area contributed by atoms with Crippen molar-refractivity contribution in [3.63, 3.8) is 0 Å². The van der Waals surface area contributed by atoms with Crippen LogP contribution in [0.25, 0.3) is 10.9 Å². The number of rotatable bonds is 3. The third kappa shape index (κ3) is 3.77. The Bertz CT molecular complexity index is 1260. The Labute approximate surface area is 176 Å². The van der Waals surface area contributed by atoms with E-state index in [4.69, 9.17) is 0 Å². The van der Waals surface area contributed by atoms with Crippen LogP contribution in [-0.2, 0) is 21.0 Å². The van der Waals surface area contributed by atoms with E-state index in [9.17, 15) is 26.4 Å². The topological polar surface area (TPSA) is 79.4 Å². The highest BCUT2D eigenvalue weighted by Gasteiger charge is 2.40. The fraction of sp³-hybridized carbons (Fsp3) is 0.238. The van der Waals surface area contributed by atoms with Crippen molar-refractivity contribution in [3.05, 3.63) is 71.4 Å². The lowest BCUT2D eigenvalue weighted by atomic mass is 10.0.